The van der Waals surface area contributed by atoms with Gasteiger partial charge in [0.05, 0.1) is 12.2 Å². The molecule has 4 nitrogen and oxygen atoms in total. The Balaban J connectivity index is 1.65. The van der Waals surface area contributed by atoms with E-state index in [0.717, 1.165) is 25.7 Å². The fourth-order valence-corrected chi connectivity index (χ4v) is 5.00. The summed E-state index contributed by atoms with van der Waals surface area (Å²) >= 11 is 0. The van der Waals surface area contributed by atoms with E-state index in [-0.39, 0.29) is 17.6 Å². The number of rotatable bonds is 7. The molecule has 3 aliphatic rings. The molecule has 0 bridgehead atoms. The number of hydrogen-bond acceptors (Lipinski definition) is 4. The number of hydrogen-bond donors (Lipinski definition) is 2. The van der Waals surface area contributed by atoms with Gasteiger partial charge in [-0.05, 0) is 38.0 Å². The summed E-state index contributed by atoms with van der Waals surface area (Å²) in [5.41, 5.74) is -0.667. The minimum atomic E-state index is -0.667. The highest BCUT2D eigenvalue weighted by Gasteiger charge is 2.61. The second kappa shape index (κ2) is 8.32. The van der Waals surface area contributed by atoms with E-state index in [0.29, 0.717) is 31.8 Å². The van der Waals surface area contributed by atoms with Crippen molar-refractivity contribution in [2.45, 2.75) is 88.9 Å². The normalized spacial score (nSPS) is 37.7. The van der Waals surface area contributed by atoms with E-state index in [1.165, 1.54) is 19.3 Å². The maximum Gasteiger partial charge on any atom is 0.165 e. The van der Waals surface area contributed by atoms with Gasteiger partial charge in [-0.3, -0.25) is 4.79 Å². The summed E-state index contributed by atoms with van der Waals surface area (Å²) in [4.78, 5) is 12.3. The average Bonchev–Trinajstić information content (AvgIpc) is 2.63. The summed E-state index contributed by atoms with van der Waals surface area (Å²) in [5.74, 6) is 0.535. The van der Waals surface area contributed by atoms with Crippen LogP contribution in [0.3, 0.4) is 0 Å². The molecule has 3 aliphatic carbocycles. The minimum absolute atomic E-state index is 0.0652. The van der Waals surface area contributed by atoms with Crippen molar-refractivity contribution in [3.05, 3.63) is 12.2 Å². The van der Waals surface area contributed by atoms with Crippen molar-refractivity contribution in [1.82, 2.24) is 0 Å². The summed E-state index contributed by atoms with van der Waals surface area (Å²) in [5, 5.41) is 21.0. The van der Waals surface area contributed by atoms with E-state index >= 15 is 0 Å². The van der Waals surface area contributed by atoms with Gasteiger partial charge < -0.3 is 14.9 Å². The Kier molecular flexibility index (Phi) is 6.35. The van der Waals surface area contributed by atoms with E-state index in [4.69, 9.17) is 4.74 Å². The van der Waals surface area contributed by atoms with Crippen LogP contribution in [0.4, 0.5) is 0 Å². The lowest BCUT2D eigenvalue weighted by Crippen LogP contribution is -2.65. The summed E-state index contributed by atoms with van der Waals surface area (Å²) < 4.78 is 6.07. The number of ketones is 1. The molecule has 0 aliphatic heterocycles. The van der Waals surface area contributed by atoms with Crippen molar-refractivity contribution in [1.29, 1.82) is 0 Å². The Hall–Kier alpha value is -0.710. The number of aliphatic hydroxyl groups is 2. The predicted octanol–water partition coefficient (Wildman–Crippen LogP) is 3.40. The van der Waals surface area contributed by atoms with Crippen LogP contribution in [0.2, 0.25) is 0 Å². The minimum Gasteiger partial charge on any atom is -0.393 e. The fraction of sp³-hybridized carbons (Fsp3) is 0.857. The molecule has 0 spiro atoms. The Morgan fingerprint density at radius 3 is 2.72 bits per heavy atom. The van der Waals surface area contributed by atoms with E-state index in [2.05, 4.69) is 6.92 Å². The first-order valence-electron chi connectivity index (χ1n) is 10.3. The number of carbonyl (C=O) groups is 1. The van der Waals surface area contributed by atoms with Gasteiger partial charge in [0.25, 0.3) is 0 Å². The van der Waals surface area contributed by atoms with Gasteiger partial charge in [-0.2, -0.15) is 0 Å². The lowest BCUT2D eigenvalue weighted by atomic mass is 9.55. The highest BCUT2D eigenvalue weighted by Crippen LogP contribution is 2.52. The van der Waals surface area contributed by atoms with Gasteiger partial charge in [-0.15, -0.1) is 0 Å². The van der Waals surface area contributed by atoms with E-state index in [1.807, 2.05) is 12.2 Å². The Morgan fingerprint density at radius 1 is 1.28 bits per heavy atom. The Bertz CT molecular complexity index is 482. The van der Waals surface area contributed by atoms with Crippen LogP contribution < -0.4 is 0 Å². The molecular weight excluding hydrogens is 316 g/mol. The Labute approximate surface area is 151 Å². The standard InChI is InChI=1S/C21H34O4/c1-2-3-13-25-21-12-11-19(23)16(17(21)14-20(21)24)9-10-18(22)15-7-5-4-6-8-15/h9-10,15-19,22-23H,2-8,11-14H2,1H3/b10-9+/t16-,17-,18-,19-,21-/m0/s1. The average molecular weight is 350 g/mol. The third-order valence-electron chi connectivity index (χ3n) is 6.72. The van der Waals surface area contributed by atoms with Crippen molar-refractivity contribution in [3.63, 3.8) is 0 Å². The highest BCUT2D eigenvalue weighted by molar-refractivity contribution is 5.94. The van der Waals surface area contributed by atoms with Gasteiger partial charge in [-0.25, -0.2) is 0 Å². The van der Waals surface area contributed by atoms with Gasteiger partial charge in [0.2, 0.25) is 0 Å². The van der Waals surface area contributed by atoms with Crippen LogP contribution in [0.1, 0.15) is 71.1 Å². The molecular formula is C21H34O4. The monoisotopic (exact) mass is 350 g/mol. The maximum absolute atomic E-state index is 12.3. The largest absolute Gasteiger partial charge is 0.393 e. The molecule has 4 heteroatoms. The number of unbranched alkanes of at least 4 members (excludes halogenated alkanes) is 1. The van der Waals surface area contributed by atoms with Gasteiger partial charge in [0.1, 0.15) is 5.60 Å². The Morgan fingerprint density at radius 2 is 2.04 bits per heavy atom. The number of carbonyl (C=O) groups excluding carboxylic acids is 1. The summed E-state index contributed by atoms with van der Waals surface area (Å²) in [6.45, 7) is 2.74. The zero-order chi connectivity index (χ0) is 17.9. The molecule has 2 N–H and O–H groups in total. The molecule has 0 amide bonds. The zero-order valence-electron chi connectivity index (χ0n) is 15.5. The number of ether oxygens (including phenoxy) is 1. The molecule has 3 saturated carbocycles. The van der Waals surface area contributed by atoms with Gasteiger partial charge in [0.15, 0.2) is 5.78 Å². The first-order chi connectivity index (χ1) is 12.1. The fourth-order valence-electron chi connectivity index (χ4n) is 5.00. The maximum atomic E-state index is 12.3. The third kappa shape index (κ3) is 3.86. The third-order valence-corrected chi connectivity index (χ3v) is 6.72. The summed E-state index contributed by atoms with van der Waals surface area (Å²) in [7, 11) is 0. The molecule has 142 valence electrons. The van der Waals surface area contributed by atoms with E-state index < -0.39 is 17.8 Å². The number of fused-ring (bicyclic) bond motifs is 1. The second-order valence-corrected chi connectivity index (χ2v) is 8.28. The van der Waals surface area contributed by atoms with Crippen molar-refractivity contribution in [2.75, 3.05) is 6.61 Å². The molecule has 25 heavy (non-hydrogen) atoms. The zero-order valence-corrected chi connectivity index (χ0v) is 15.5. The van der Waals surface area contributed by atoms with Crippen LogP contribution in [-0.2, 0) is 9.53 Å². The molecule has 0 aromatic heterocycles. The summed E-state index contributed by atoms with van der Waals surface area (Å²) in [6, 6.07) is 0. The number of Topliss-reactive ketones (excluding diaryl/α,β-unsaturated/α-hetero) is 1. The quantitative estimate of drug-likeness (QED) is 0.545. The van der Waals surface area contributed by atoms with Crippen LogP contribution in [0.15, 0.2) is 12.2 Å². The topological polar surface area (TPSA) is 66.8 Å². The van der Waals surface area contributed by atoms with Crippen LogP contribution in [0.5, 0.6) is 0 Å². The molecule has 0 unspecified atom stereocenters. The predicted molar refractivity (Wildman–Crippen MR) is 97.2 cm³/mol. The van der Waals surface area contributed by atoms with Crippen molar-refractivity contribution < 1.29 is 19.7 Å². The molecule has 0 aromatic carbocycles. The van der Waals surface area contributed by atoms with E-state index in [9.17, 15) is 15.0 Å². The van der Waals surface area contributed by atoms with Crippen LogP contribution >= 0.6 is 0 Å². The molecule has 0 radical (unpaired) electrons. The van der Waals surface area contributed by atoms with Gasteiger partial charge in [0, 0.05) is 24.9 Å². The molecule has 0 aromatic rings. The highest BCUT2D eigenvalue weighted by atomic mass is 16.5. The summed E-state index contributed by atoms with van der Waals surface area (Å²) in [6.07, 6.45) is 12.6. The van der Waals surface area contributed by atoms with Crippen LogP contribution in [0.25, 0.3) is 0 Å². The van der Waals surface area contributed by atoms with Crippen LogP contribution in [0, 0.1) is 17.8 Å². The van der Waals surface area contributed by atoms with Crippen molar-refractivity contribution in [3.8, 4) is 0 Å². The molecule has 0 saturated heterocycles. The lowest BCUT2D eigenvalue weighted by molar-refractivity contribution is -0.199. The first-order valence-corrected chi connectivity index (χ1v) is 10.3. The molecule has 0 heterocycles. The second-order valence-electron chi connectivity index (χ2n) is 8.28. The smallest absolute Gasteiger partial charge is 0.165 e. The molecule has 3 fully saturated rings. The number of aliphatic hydroxyl groups excluding tert-OH is 2. The van der Waals surface area contributed by atoms with Crippen molar-refractivity contribution >= 4 is 5.78 Å². The van der Waals surface area contributed by atoms with E-state index in [1.54, 1.807) is 0 Å². The first kappa shape index (κ1) is 19.1. The van der Waals surface area contributed by atoms with Gasteiger partial charge in [-0.1, -0.05) is 44.8 Å². The van der Waals surface area contributed by atoms with Crippen molar-refractivity contribution in [2.24, 2.45) is 17.8 Å². The van der Waals surface area contributed by atoms with Crippen LogP contribution in [-0.4, -0.2) is 40.4 Å². The van der Waals surface area contributed by atoms with Gasteiger partial charge >= 0.3 is 0 Å². The molecule has 3 rings (SSSR count). The SMILES string of the molecule is CCCCO[C@@]12CC[C@H](O)[C@@H](/C=C/[C@H](O)C3CCCCC3)[C@@H]1CC2=O. The lowest BCUT2D eigenvalue weighted by Gasteiger charge is -2.54. The molecule has 5 atom stereocenters.